The van der Waals surface area contributed by atoms with Gasteiger partial charge in [-0.2, -0.15) is 0 Å². The van der Waals surface area contributed by atoms with Crippen molar-refractivity contribution in [2.45, 2.75) is 32.5 Å². The lowest BCUT2D eigenvalue weighted by atomic mass is 10.1. The van der Waals surface area contributed by atoms with Crippen LogP contribution in [0, 0.1) is 12.7 Å². The normalized spacial score (nSPS) is 10.8. The number of rotatable bonds is 12. The van der Waals surface area contributed by atoms with Gasteiger partial charge in [-0.3, -0.25) is 14.2 Å². The second-order valence-electron chi connectivity index (χ2n) is 8.52. The molecule has 0 saturated heterocycles. The second kappa shape index (κ2) is 13.4. The van der Waals surface area contributed by atoms with Gasteiger partial charge in [-0.05, 0) is 62.7 Å². The number of thioether (sulfide) groups is 1. The van der Waals surface area contributed by atoms with Crippen LogP contribution >= 0.6 is 23.1 Å². The number of methoxy groups -OCH3 is 1. The van der Waals surface area contributed by atoms with Crippen molar-refractivity contribution in [2.75, 3.05) is 24.8 Å². The number of anilines is 1. The number of benzene rings is 2. The van der Waals surface area contributed by atoms with Crippen molar-refractivity contribution in [2.24, 2.45) is 0 Å². The van der Waals surface area contributed by atoms with Crippen LogP contribution in [0.4, 0.5) is 9.39 Å². The minimum absolute atomic E-state index is 0.0222. The molecule has 0 radical (unpaired) electrons. The molecule has 10 nitrogen and oxygen atoms in total. The molecule has 0 aliphatic rings. The van der Waals surface area contributed by atoms with Crippen LogP contribution in [-0.2, 0) is 16.1 Å². The van der Waals surface area contributed by atoms with E-state index in [9.17, 15) is 18.8 Å². The number of hydrogen-bond donors (Lipinski definition) is 1. The Morgan fingerprint density at radius 3 is 2.44 bits per heavy atom. The number of nitrogens with zero attached hydrogens (tertiary/aromatic N) is 3. The third kappa shape index (κ3) is 6.92. The summed E-state index contributed by atoms with van der Waals surface area (Å²) in [6.07, 6.45) is 0. The van der Waals surface area contributed by atoms with Gasteiger partial charge in [-0.1, -0.05) is 23.9 Å². The summed E-state index contributed by atoms with van der Waals surface area (Å²) in [6.45, 7) is 4.81. The van der Waals surface area contributed by atoms with E-state index in [1.807, 2.05) is 0 Å². The molecular weight excluding hydrogens is 571 g/mol. The van der Waals surface area contributed by atoms with E-state index in [-0.39, 0.29) is 46.2 Å². The molecule has 1 amide bonds. The molecule has 0 spiro atoms. The van der Waals surface area contributed by atoms with E-state index >= 15 is 0 Å². The Balaban J connectivity index is 1.54. The highest BCUT2D eigenvalue weighted by molar-refractivity contribution is 7.99. The highest BCUT2D eigenvalue weighted by Gasteiger charge is 2.26. The van der Waals surface area contributed by atoms with Crippen LogP contribution in [0.2, 0.25) is 0 Å². The lowest BCUT2D eigenvalue weighted by Crippen LogP contribution is -2.17. The van der Waals surface area contributed by atoms with E-state index in [0.717, 1.165) is 23.1 Å². The van der Waals surface area contributed by atoms with Crippen molar-refractivity contribution in [1.29, 1.82) is 0 Å². The first kappa shape index (κ1) is 29.7. The van der Waals surface area contributed by atoms with Crippen LogP contribution in [0.5, 0.6) is 11.5 Å². The van der Waals surface area contributed by atoms with Gasteiger partial charge in [0.15, 0.2) is 16.8 Å². The molecular formula is C28H27FN4O6S2. The maximum absolute atomic E-state index is 14.8. The number of ketones is 1. The summed E-state index contributed by atoms with van der Waals surface area (Å²) in [5.74, 6) is -0.415. The van der Waals surface area contributed by atoms with Gasteiger partial charge >= 0.3 is 5.97 Å². The SMILES string of the molecule is CCOC(=O)c1c(NC(=O)CSc2nnc(COc3ccc(OC)cc3)n2-c2ccccc2F)sc(C(C)=O)c1C. The Kier molecular flexibility index (Phi) is 9.73. The Morgan fingerprint density at radius 2 is 1.78 bits per heavy atom. The smallest absolute Gasteiger partial charge is 0.341 e. The number of thiophene rings is 1. The van der Waals surface area contributed by atoms with Crippen molar-refractivity contribution in [3.63, 3.8) is 0 Å². The molecule has 0 bridgehead atoms. The first-order chi connectivity index (χ1) is 19.7. The fourth-order valence-electron chi connectivity index (χ4n) is 3.86. The van der Waals surface area contributed by atoms with Crippen molar-refractivity contribution in [3.8, 4) is 17.2 Å². The number of halogens is 1. The maximum atomic E-state index is 14.8. The van der Waals surface area contributed by atoms with Crippen molar-refractivity contribution in [1.82, 2.24) is 14.8 Å². The maximum Gasteiger partial charge on any atom is 0.341 e. The topological polar surface area (TPSA) is 122 Å². The Labute approximate surface area is 243 Å². The molecule has 41 heavy (non-hydrogen) atoms. The average Bonchev–Trinajstić information content (AvgIpc) is 3.51. The monoisotopic (exact) mass is 598 g/mol. The first-order valence-corrected chi connectivity index (χ1v) is 14.2. The first-order valence-electron chi connectivity index (χ1n) is 12.4. The number of carbonyl (C=O) groups excluding carboxylic acids is 3. The van der Waals surface area contributed by atoms with Gasteiger partial charge in [0.05, 0.1) is 35.6 Å². The van der Waals surface area contributed by atoms with Gasteiger partial charge in [0.2, 0.25) is 5.91 Å². The molecule has 0 fully saturated rings. The molecule has 2 aromatic carbocycles. The minimum Gasteiger partial charge on any atom is -0.497 e. The van der Waals surface area contributed by atoms with Crippen LogP contribution in [0.3, 0.4) is 0 Å². The van der Waals surface area contributed by atoms with E-state index in [0.29, 0.717) is 27.8 Å². The summed E-state index contributed by atoms with van der Waals surface area (Å²) < 4.78 is 32.5. The van der Waals surface area contributed by atoms with Gasteiger partial charge < -0.3 is 19.5 Å². The number of carbonyl (C=O) groups is 3. The summed E-state index contributed by atoms with van der Waals surface area (Å²) in [5.41, 5.74) is 0.788. The third-order valence-electron chi connectivity index (χ3n) is 5.75. The zero-order chi connectivity index (χ0) is 29.5. The van der Waals surface area contributed by atoms with Crippen molar-refractivity contribution in [3.05, 3.63) is 76.2 Å². The number of Topliss-reactive ketones (excluding diaryl/α,β-unsaturated/α-hetero) is 1. The molecule has 2 heterocycles. The number of nitrogens with one attached hydrogen (secondary N) is 1. The third-order valence-corrected chi connectivity index (χ3v) is 7.99. The lowest BCUT2D eigenvalue weighted by molar-refractivity contribution is -0.113. The molecule has 4 aromatic rings. The zero-order valence-corrected chi connectivity index (χ0v) is 24.4. The number of para-hydroxylation sites is 1. The molecule has 2 aromatic heterocycles. The van der Waals surface area contributed by atoms with Crippen LogP contribution in [0.25, 0.3) is 5.69 Å². The predicted octanol–water partition coefficient (Wildman–Crippen LogP) is 5.47. The largest absolute Gasteiger partial charge is 0.497 e. The van der Waals surface area contributed by atoms with E-state index in [1.54, 1.807) is 63.4 Å². The summed E-state index contributed by atoms with van der Waals surface area (Å²) in [6, 6.07) is 13.1. The minimum atomic E-state index is -0.627. The molecule has 0 aliphatic heterocycles. The van der Waals surface area contributed by atoms with Crippen LogP contribution in [0.15, 0.2) is 53.7 Å². The van der Waals surface area contributed by atoms with E-state index < -0.39 is 17.7 Å². The fraction of sp³-hybridized carbons (Fsp3) is 0.250. The highest BCUT2D eigenvalue weighted by Crippen LogP contribution is 2.34. The van der Waals surface area contributed by atoms with E-state index in [2.05, 4.69) is 15.5 Å². The number of ether oxygens (including phenoxy) is 3. The Bertz CT molecular complexity index is 1570. The molecule has 0 unspecified atom stereocenters. The van der Waals surface area contributed by atoms with Gasteiger partial charge in [-0.15, -0.1) is 21.5 Å². The fourth-order valence-corrected chi connectivity index (χ4v) is 5.73. The molecule has 0 saturated carbocycles. The second-order valence-corrected chi connectivity index (χ2v) is 10.5. The standard InChI is InChI=1S/C28H27FN4O6S2/c1-5-38-27(36)24-16(2)25(17(3)34)41-26(24)30-23(35)15-40-28-32-31-22(33(28)21-9-7-6-8-20(21)29)14-39-19-12-10-18(37-4)11-13-19/h6-13H,5,14-15H2,1-4H3,(H,30,35). The highest BCUT2D eigenvalue weighted by atomic mass is 32.2. The predicted molar refractivity (Wildman–Crippen MR) is 153 cm³/mol. The number of amides is 1. The van der Waals surface area contributed by atoms with Gasteiger partial charge in [0.25, 0.3) is 0 Å². The Hall–Kier alpha value is -4.23. The van der Waals surface area contributed by atoms with Gasteiger partial charge in [-0.25, -0.2) is 9.18 Å². The van der Waals surface area contributed by atoms with Crippen molar-refractivity contribution < 1.29 is 33.0 Å². The molecule has 214 valence electrons. The van der Waals surface area contributed by atoms with Crippen LogP contribution in [-0.4, -0.2) is 51.9 Å². The number of esters is 1. The number of hydrogen-bond acceptors (Lipinski definition) is 10. The summed E-state index contributed by atoms with van der Waals surface area (Å²) in [5, 5.41) is 11.6. The quantitative estimate of drug-likeness (QED) is 0.128. The Morgan fingerprint density at radius 1 is 1.07 bits per heavy atom. The summed E-state index contributed by atoms with van der Waals surface area (Å²) in [7, 11) is 1.57. The molecule has 4 rings (SSSR count). The molecule has 0 atom stereocenters. The lowest BCUT2D eigenvalue weighted by Gasteiger charge is -2.12. The zero-order valence-electron chi connectivity index (χ0n) is 22.7. The molecule has 1 N–H and O–H groups in total. The van der Waals surface area contributed by atoms with Crippen LogP contribution < -0.4 is 14.8 Å². The van der Waals surface area contributed by atoms with E-state index in [1.165, 1.54) is 17.6 Å². The number of aromatic nitrogens is 3. The molecule has 13 heteroatoms. The average molecular weight is 599 g/mol. The van der Waals surface area contributed by atoms with Gasteiger partial charge in [0, 0.05) is 0 Å². The van der Waals surface area contributed by atoms with Crippen molar-refractivity contribution >= 4 is 45.8 Å². The van der Waals surface area contributed by atoms with Gasteiger partial charge in [0.1, 0.15) is 28.9 Å². The molecule has 0 aliphatic carbocycles. The summed E-state index contributed by atoms with van der Waals surface area (Å²) in [4.78, 5) is 37.9. The van der Waals surface area contributed by atoms with Crippen LogP contribution in [0.1, 0.15) is 45.3 Å². The summed E-state index contributed by atoms with van der Waals surface area (Å²) >= 11 is 2.04. The van der Waals surface area contributed by atoms with E-state index in [4.69, 9.17) is 14.2 Å².